The third-order valence-electron chi connectivity index (χ3n) is 2.87. The Bertz CT molecular complexity index is 710. The molecule has 0 aliphatic heterocycles. The maximum Gasteiger partial charge on any atom is 0.387 e. The number of hydrogen-bond acceptors (Lipinski definition) is 6. The van der Waals surface area contributed by atoms with E-state index in [0.29, 0.717) is 16.7 Å². The zero-order chi connectivity index (χ0) is 17.7. The second-order valence-corrected chi connectivity index (χ2v) is 6.15. The first-order chi connectivity index (χ1) is 11.3. The number of amides is 1. The second-order valence-electron chi connectivity index (χ2n) is 4.84. The predicted octanol–water partition coefficient (Wildman–Crippen LogP) is 3.09. The van der Waals surface area contributed by atoms with E-state index in [1.807, 2.05) is 0 Å². The van der Waals surface area contributed by atoms with Crippen molar-refractivity contribution in [2.24, 2.45) is 0 Å². The number of ether oxygens (including phenoxy) is 1. The number of aryl methyl sites for hydroxylation is 1. The lowest BCUT2D eigenvalue weighted by Gasteiger charge is -2.14. The Balaban J connectivity index is 2.06. The molecule has 0 fully saturated rings. The Morgan fingerprint density at radius 3 is 2.71 bits per heavy atom. The molecule has 0 aliphatic carbocycles. The number of alkyl halides is 2. The number of thioether (sulfide) groups is 1. The van der Waals surface area contributed by atoms with Gasteiger partial charge in [0, 0.05) is 11.8 Å². The molecule has 2 aromatic rings. The van der Waals surface area contributed by atoms with E-state index in [1.165, 1.54) is 18.2 Å². The highest BCUT2D eigenvalue weighted by Gasteiger charge is 2.19. The molecule has 3 N–H and O–H groups in total. The van der Waals surface area contributed by atoms with Crippen LogP contribution in [0.4, 0.5) is 20.3 Å². The van der Waals surface area contributed by atoms with Crippen molar-refractivity contribution in [2.45, 2.75) is 30.9 Å². The minimum absolute atomic E-state index is 0.103. The summed E-state index contributed by atoms with van der Waals surface area (Å²) >= 11 is 1.12. The van der Waals surface area contributed by atoms with Gasteiger partial charge in [-0.15, -0.1) is 0 Å². The van der Waals surface area contributed by atoms with Crippen LogP contribution in [-0.2, 0) is 4.79 Å². The minimum Gasteiger partial charge on any atom is -0.433 e. The van der Waals surface area contributed by atoms with Gasteiger partial charge in [-0.2, -0.15) is 8.78 Å². The fourth-order valence-corrected chi connectivity index (χ4v) is 2.67. The fourth-order valence-electron chi connectivity index (χ4n) is 1.83. The van der Waals surface area contributed by atoms with Crippen molar-refractivity contribution in [2.75, 3.05) is 11.1 Å². The first-order valence-corrected chi connectivity index (χ1v) is 7.85. The van der Waals surface area contributed by atoms with E-state index in [0.717, 1.165) is 11.8 Å². The van der Waals surface area contributed by atoms with Gasteiger partial charge < -0.3 is 15.8 Å². The summed E-state index contributed by atoms with van der Waals surface area (Å²) in [4.78, 5) is 20.5. The van der Waals surface area contributed by atoms with Crippen molar-refractivity contribution in [3.8, 4) is 5.75 Å². The Kier molecular flexibility index (Phi) is 5.91. The summed E-state index contributed by atoms with van der Waals surface area (Å²) in [5.74, 6) is -0.184. The highest BCUT2D eigenvalue weighted by atomic mass is 32.2. The van der Waals surface area contributed by atoms with Gasteiger partial charge in [0.2, 0.25) is 5.91 Å². The predicted molar refractivity (Wildman–Crippen MR) is 88.2 cm³/mol. The number of nitrogens with one attached hydrogen (secondary N) is 1. The number of nitrogen functional groups attached to an aromatic ring is 1. The van der Waals surface area contributed by atoms with Crippen LogP contribution in [0.3, 0.4) is 0 Å². The topological polar surface area (TPSA) is 90.1 Å². The zero-order valence-corrected chi connectivity index (χ0v) is 13.8. The van der Waals surface area contributed by atoms with Gasteiger partial charge in [0.1, 0.15) is 11.6 Å². The number of nitrogens with zero attached hydrogens (tertiary/aromatic N) is 2. The molecule has 6 nitrogen and oxygen atoms in total. The first kappa shape index (κ1) is 17.9. The van der Waals surface area contributed by atoms with Crippen LogP contribution in [0.1, 0.15) is 12.6 Å². The molecule has 1 aromatic heterocycles. The maximum absolute atomic E-state index is 12.4. The monoisotopic (exact) mass is 354 g/mol. The largest absolute Gasteiger partial charge is 0.433 e. The van der Waals surface area contributed by atoms with Gasteiger partial charge in [0.25, 0.3) is 0 Å². The van der Waals surface area contributed by atoms with E-state index in [1.54, 1.807) is 26.0 Å². The van der Waals surface area contributed by atoms with E-state index in [2.05, 4.69) is 20.0 Å². The van der Waals surface area contributed by atoms with Crippen LogP contribution in [0.2, 0.25) is 0 Å². The summed E-state index contributed by atoms with van der Waals surface area (Å²) in [7, 11) is 0. The highest BCUT2D eigenvalue weighted by molar-refractivity contribution is 8.00. The Morgan fingerprint density at radius 1 is 1.33 bits per heavy atom. The number of hydrogen-bond donors (Lipinski definition) is 2. The molecule has 0 unspecified atom stereocenters. The smallest absolute Gasteiger partial charge is 0.387 e. The normalized spacial score (nSPS) is 12.0. The van der Waals surface area contributed by atoms with Crippen LogP contribution in [0.25, 0.3) is 0 Å². The molecular weight excluding hydrogens is 338 g/mol. The summed E-state index contributed by atoms with van der Waals surface area (Å²) in [5, 5.41) is 2.36. The van der Waals surface area contributed by atoms with Gasteiger partial charge in [0.05, 0.1) is 10.9 Å². The Hall–Kier alpha value is -2.42. The summed E-state index contributed by atoms with van der Waals surface area (Å²) in [5.41, 5.74) is 6.50. The van der Waals surface area contributed by atoms with E-state index in [9.17, 15) is 13.6 Å². The average molecular weight is 354 g/mol. The maximum atomic E-state index is 12.4. The van der Waals surface area contributed by atoms with Crippen LogP contribution in [0.15, 0.2) is 35.5 Å². The van der Waals surface area contributed by atoms with E-state index < -0.39 is 17.8 Å². The molecular formula is C15H16F2N4O2S. The summed E-state index contributed by atoms with van der Waals surface area (Å²) in [6.45, 7) is 0.446. The number of rotatable bonds is 6. The van der Waals surface area contributed by atoms with Crippen molar-refractivity contribution in [1.82, 2.24) is 9.97 Å². The molecule has 1 amide bonds. The van der Waals surface area contributed by atoms with Crippen molar-refractivity contribution >= 4 is 29.2 Å². The van der Waals surface area contributed by atoms with Gasteiger partial charge in [-0.3, -0.25) is 4.79 Å². The summed E-state index contributed by atoms with van der Waals surface area (Å²) in [6, 6.07) is 7.59. The second kappa shape index (κ2) is 7.91. The van der Waals surface area contributed by atoms with E-state index in [-0.39, 0.29) is 11.4 Å². The number of carbonyl (C=O) groups excluding carboxylic acids is 1. The molecule has 0 spiro atoms. The molecule has 9 heteroatoms. The lowest BCUT2D eigenvalue weighted by atomic mass is 10.3. The average Bonchev–Trinajstić information content (AvgIpc) is 2.47. The summed E-state index contributed by atoms with van der Waals surface area (Å²) in [6.07, 6.45) is 0. The van der Waals surface area contributed by atoms with Crippen molar-refractivity contribution in [3.63, 3.8) is 0 Å². The zero-order valence-electron chi connectivity index (χ0n) is 13.0. The van der Waals surface area contributed by atoms with Crippen LogP contribution >= 0.6 is 11.8 Å². The standard InChI is InChI=1S/C15H16F2N4O2S/c1-8-7-12(18)21-15(19-8)24-9(2)13(22)20-10-5-3-4-6-11(10)23-14(16)17/h3-7,9,14H,1-2H3,(H,20,22)(H2,18,19,21)/t9-/m1/s1. The molecule has 1 atom stereocenters. The number of nitrogens with two attached hydrogens (primary N) is 1. The molecule has 0 saturated carbocycles. The third kappa shape index (κ3) is 5.05. The third-order valence-corrected chi connectivity index (χ3v) is 3.83. The molecule has 24 heavy (non-hydrogen) atoms. The van der Waals surface area contributed by atoms with E-state index in [4.69, 9.17) is 5.73 Å². The molecule has 0 bridgehead atoms. The molecule has 2 rings (SSSR count). The van der Waals surface area contributed by atoms with Gasteiger partial charge in [-0.05, 0) is 26.0 Å². The summed E-state index contributed by atoms with van der Waals surface area (Å²) < 4.78 is 29.2. The van der Waals surface area contributed by atoms with Crippen molar-refractivity contribution in [1.29, 1.82) is 0 Å². The lowest BCUT2D eigenvalue weighted by molar-refractivity contribution is -0.115. The van der Waals surface area contributed by atoms with Crippen LogP contribution in [0, 0.1) is 6.92 Å². The van der Waals surface area contributed by atoms with E-state index >= 15 is 0 Å². The molecule has 1 heterocycles. The Morgan fingerprint density at radius 2 is 2.04 bits per heavy atom. The van der Waals surface area contributed by atoms with Crippen LogP contribution < -0.4 is 15.8 Å². The van der Waals surface area contributed by atoms with Gasteiger partial charge >= 0.3 is 6.61 Å². The quantitative estimate of drug-likeness (QED) is 0.612. The first-order valence-electron chi connectivity index (χ1n) is 6.97. The van der Waals surface area contributed by atoms with Gasteiger partial charge in [-0.1, -0.05) is 23.9 Å². The molecule has 0 aliphatic rings. The molecule has 1 aromatic carbocycles. The molecule has 0 saturated heterocycles. The van der Waals surface area contributed by atoms with Crippen LogP contribution in [0.5, 0.6) is 5.75 Å². The highest BCUT2D eigenvalue weighted by Crippen LogP contribution is 2.27. The van der Waals surface area contributed by atoms with Gasteiger partial charge in [0.15, 0.2) is 5.16 Å². The number of anilines is 2. The lowest BCUT2D eigenvalue weighted by Crippen LogP contribution is -2.23. The number of para-hydroxylation sites is 2. The minimum atomic E-state index is -2.97. The number of aromatic nitrogens is 2. The van der Waals surface area contributed by atoms with Gasteiger partial charge in [-0.25, -0.2) is 9.97 Å². The Labute approximate surface area is 141 Å². The van der Waals surface area contributed by atoms with Crippen LogP contribution in [-0.4, -0.2) is 27.7 Å². The SMILES string of the molecule is Cc1cc(N)nc(S[C@H](C)C(=O)Nc2ccccc2OC(F)F)n1. The number of carbonyl (C=O) groups is 1. The van der Waals surface area contributed by atoms with Crippen molar-refractivity contribution in [3.05, 3.63) is 36.0 Å². The molecule has 0 radical (unpaired) electrons. The number of benzene rings is 1. The fraction of sp³-hybridized carbons (Fsp3) is 0.267. The molecule has 128 valence electrons. The number of halogens is 2. The van der Waals surface area contributed by atoms with Crippen molar-refractivity contribution < 1.29 is 18.3 Å².